The van der Waals surface area contributed by atoms with Crippen LogP contribution in [0.15, 0.2) is 12.2 Å². The number of allylic oxidation sites excluding steroid dienone is 2. The minimum absolute atomic E-state index is 0.0660. The van der Waals surface area contributed by atoms with Crippen molar-refractivity contribution >= 4 is 17.9 Å². The lowest BCUT2D eigenvalue weighted by atomic mass is 10.0. The van der Waals surface area contributed by atoms with Crippen LogP contribution in [0.25, 0.3) is 0 Å². The van der Waals surface area contributed by atoms with Crippen molar-refractivity contribution in [2.24, 2.45) is 0 Å². The summed E-state index contributed by atoms with van der Waals surface area (Å²) in [5.74, 6) is -0.875. The van der Waals surface area contributed by atoms with Crippen LogP contribution in [0.5, 0.6) is 0 Å². The molecule has 0 aromatic heterocycles. The van der Waals surface area contributed by atoms with Gasteiger partial charge in [-0.15, -0.1) is 0 Å². The molecule has 0 aliphatic rings. The summed E-state index contributed by atoms with van der Waals surface area (Å²) in [6.45, 7) is 6.54. The van der Waals surface area contributed by atoms with Crippen LogP contribution in [0, 0.1) is 0 Å². The number of unbranched alkanes of at least 4 members (excludes halogenated alkanes) is 37. The van der Waals surface area contributed by atoms with Gasteiger partial charge in [0.2, 0.25) is 0 Å². The van der Waals surface area contributed by atoms with Crippen LogP contribution < -0.4 is 0 Å². The molecule has 0 aliphatic heterocycles. The molecule has 0 fully saturated rings. The largest absolute Gasteiger partial charge is 0.462 e. The van der Waals surface area contributed by atoms with Gasteiger partial charge in [0.15, 0.2) is 6.10 Å². The summed E-state index contributed by atoms with van der Waals surface area (Å²) in [5.41, 5.74) is 0. The summed E-state index contributed by atoms with van der Waals surface area (Å²) < 4.78 is 16.6. The molecule has 1 unspecified atom stereocenters. The lowest BCUT2D eigenvalue weighted by Crippen LogP contribution is -2.30. The van der Waals surface area contributed by atoms with Crippen molar-refractivity contribution in [3.05, 3.63) is 12.2 Å². The predicted octanol–water partition coefficient (Wildman–Crippen LogP) is 17.8. The molecule has 0 saturated carbocycles. The molecular weight excluding hydrogens is 757 g/mol. The molecule has 6 heteroatoms. The van der Waals surface area contributed by atoms with E-state index in [1.54, 1.807) is 0 Å². The Balaban J connectivity index is 3.76. The molecule has 0 aromatic carbocycles. The summed E-state index contributed by atoms with van der Waals surface area (Å²) in [7, 11) is 0. The maximum absolute atomic E-state index is 12.6. The molecule has 1 atom stereocenters. The van der Waals surface area contributed by atoms with Gasteiger partial charge in [0.05, 0.1) is 0 Å². The number of hydrogen-bond donors (Lipinski definition) is 0. The molecule has 61 heavy (non-hydrogen) atoms. The molecular formula is C55H104O6. The van der Waals surface area contributed by atoms with Crippen molar-refractivity contribution in [3.8, 4) is 0 Å². The molecule has 0 spiro atoms. The quantitative estimate of drug-likeness (QED) is 0.0262. The van der Waals surface area contributed by atoms with E-state index < -0.39 is 6.10 Å². The van der Waals surface area contributed by atoms with Crippen molar-refractivity contribution in [1.29, 1.82) is 0 Å². The maximum Gasteiger partial charge on any atom is 0.306 e. The molecule has 0 radical (unpaired) electrons. The van der Waals surface area contributed by atoms with Gasteiger partial charge in [-0.25, -0.2) is 0 Å². The first-order valence-electron chi connectivity index (χ1n) is 27.2. The van der Waals surface area contributed by atoms with Crippen molar-refractivity contribution < 1.29 is 28.6 Å². The fourth-order valence-electron chi connectivity index (χ4n) is 8.14. The zero-order chi connectivity index (χ0) is 44.4. The summed E-state index contributed by atoms with van der Waals surface area (Å²) >= 11 is 0. The molecule has 0 aromatic rings. The van der Waals surface area contributed by atoms with E-state index >= 15 is 0 Å². The van der Waals surface area contributed by atoms with Gasteiger partial charge < -0.3 is 14.2 Å². The van der Waals surface area contributed by atoms with Crippen molar-refractivity contribution in [3.63, 3.8) is 0 Å². The van der Waals surface area contributed by atoms with Crippen molar-refractivity contribution in [2.75, 3.05) is 13.2 Å². The topological polar surface area (TPSA) is 78.9 Å². The van der Waals surface area contributed by atoms with Gasteiger partial charge in [0.25, 0.3) is 0 Å². The number of esters is 3. The number of carbonyl (C=O) groups excluding carboxylic acids is 3. The zero-order valence-corrected chi connectivity index (χ0v) is 41.2. The molecule has 0 saturated heterocycles. The van der Waals surface area contributed by atoms with Crippen LogP contribution >= 0.6 is 0 Å². The fraction of sp³-hybridized carbons (Fsp3) is 0.909. The Morgan fingerprint density at radius 1 is 0.311 bits per heavy atom. The Morgan fingerprint density at radius 3 is 0.820 bits per heavy atom. The Bertz CT molecular complexity index is 947. The first-order valence-corrected chi connectivity index (χ1v) is 27.2. The van der Waals surface area contributed by atoms with Gasteiger partial charge in [0.1, 0.15) is 13.2 Å². The van der Waals surface area contributed by atoms with Gasteiger partial charge in [-0.2, -0.15) is 0 Å². The molecule has 0 N–H and O–H groups in total. The Labute approximate surface area is 380 Å². The number of carbonyl (C=O) groups is 3. The van der Waals surface area contributed by atoms with E-state index in [0.717, 1.165) is 64.2 Å². The summed E-state index contributed by atoms with van der Waals surface area (Å²) in [5, 5.41) is 0. The molecule has 6 nitrogen and oxygen atoms in total. The Morgan fingerprint density at radius 2 is 0.541 bits per heavy atom. The van der Waals surface area contributed by atoms with Gasteiger partial charge >= 0.3 is 17.9 Å². The first-order chi connectivity index (χ1) is 30.0. The highest BCUT2D eigenvalue weighted by Crippen LogP contribution is 2.17. The molecule has 0 bridgehead atoms. The van der Waals surface area contributed by atoms with E-state index in [-0.39, 0.29) is 31.1 Å². The minimum atomic E-state index is -0.758. The Hall–Kier alpha value is -1.85. The van der Waals surface area contributed by atoms with Crippen molar-refractivity contribution in [2.45, 2.75) is 309 Å². The second-order valence-electron chi connectivity index (χ2n) is 18.5. The van der Waals surface area contributed by atoms with E-state index in [4.69, 9.17) is 14.2 Å². The van der Waals surface area contributed by atoms with Crippen LogP contribution in [-0.4, -0.2) is 37.2 Å². The fourth-order valence-corrected chi connectivity index (χ4v) is 8.14. The van der Waals surface area contributed by atoms with Crippen molar-refractivity contribution in [1.82, 2.24) is 0 Å². The average Bonchev–Trinajstić information content (AvgIpc) is 3.26. The molecule has 0 rings (SSSR count). The lowest BCUT2D eigenvalue weighted by Gasteiger charge is -2.18. The molecule has 0 heterocycles. The minimum Gasteiger partial charge on any atom is -0.462 e. The van der Waals surface area contributed by atoms with Crippen LogP contribution in [0.3, 0.4) is 0 Å². The highest BCUT2D eigenvalue weighted by molar-refractivity contribution is 5.71. The van der Waals surface area contributed by atoms with E-state index in [1.165, 1.54) is 199 Å². The van der Waals surface area contributed by atoms with E-state index in [1.807, 2.05) is 0 Å². The van der Waals surface area contributed by atoms with Gasteiger partial charge in [-0.05, 0) is 44.9 Å². The van der Waals surface area contributed by atoms with E-state index in [0.29, 0.717) is 19.3 Å². The van der Waals surface area contributed by atoms with Crippen LogP contribution in [-0.2, 0) is 28.6 Å². The Kier molecular flexibility index (Phi) is 49.3. The molecule has 360 valence electrons. The van der Waals surface area contributed by atoms with Crippen LogP contribution in [0.4, 0.5) is 0 Å². The number of hydrogen-bond acceptors (Lipinski definition) is 6. The SMILES string of the molecule is CCCCCCCCCC/C=C\CCCCCCCCCCCCCCCCCCCCCC(=O)OCC(COC(=O)CCCCCCC)OC(=O)CCCCCCCCC. The van der Waals surface area contributed by atoms with E-state index in [9.17, 15) is 14.4 Å². The highest BCUT2D eigenvalue weighted by Gasteiger charge is 2.19. The molecule has 0 amide bonds. The summed E-state index contributed by atoms with van der Waals surface area (Å²) in [6.07, 6.45) is 57.2. The van der Waals surface area contributed by atoms with Crippen LogP contribution in [0.1, 0.15) is 303 Å². The first kappa shape index (κ1) is 59.1. The zero-order valence-electron chi connectivity index (χ0n) is 41.2. The summed E-state index contributed by atoms with van der Waals surface area (Å²) in [6, 6.07) is 0. The third-order valence-corrected chi connectivity index (χ3v) is 12.3. The maximum atomic E-state index is 12.6. The predicted molar refractivity (Wildman–Crippen MR) is 261 cm³/mol. The third-order valence-electron chi connectivity index (χ3n) is 12.3. The van der Waals surface area contributed by atoms with E-state index in [2.05, 4.69) is 32.9 Å². The monoisotopic (exact) mass is 861 g/mol. The third kappa shape index (κ3) is 49.0. The standard InChI is InChI=1S/C55H104O6/c1-4-7-10-13-15-16-17-18-19-20-21-22-23-24-25-26-27-28-29-30-31-32-33-34-35-36-37-38-40-42-45-48-54(57)60-51-52(50-59-53(56)47-44-41-12-9-6-3)61-55(58)49-46-43-39-14-11-8-5-2/h20-21,52H,4-19,22-51H2,1-3H3/b21-20-. The second-order valence-corrected chi connectivity index (χ2v) is 18.5. The number of rotatable bonds is 50. The normalized spacial score (nSPS) is 12.0. The van der Waals surface area contributed by atoms with Gasteiger partial charge in [0, 0.05) is 19.3 Å². The average molecular weight is 861 g/mol. The lowest BCUT2D eigenvalue weighted by molar-refractivity contribution is -0.167. The van der Waals surface area contributed by atoms with Crippen LogP contribution in [0.2, 0.25) is 0 Å². The highest BCUT2D eigenvalue weighted by atomic mass is 16.6. The van der Waals surface area contributed by atoms with Gasteiger partial charge in [-0.3, -0.25) is 14.4 Å². The smallest absolute Gasteiger partial charge is 0.306 e. The number of ether oxygens (including phenoxy) is 3. The van der Waals surface area contributed by atoms with Gasteiger partial charge in [-0.1, -0.05) is 251 Å². The summed E-state index contributed by atoms with van der Waals surface area (Å²) in [4.78, 5) is 37.4. The molecule has 0 aliphatic carbocycles. The second kappa shape index (κ2) is 50.8.